The number of carbonyl (C=O) groups is 2. The average Bonchev–Trinajstić information content (AvgIpc) is 3.02. The van der Waals surface area contributed by atoms with E-state index in [1.165, 1.54) is 0 Å². The fourth-order valence-corrected chi connectivity index (χ4v) is 3.52. The topological polar surface area (TPSA) is 61.9 Å². The van der Waals surface area contributed by atoms with Crippen molar-refractivity contribution in [2.45, 2.75) is 51.1 Å². The van der Waals surface area contributed by atoms with Crippen LogP contribution in [0, 0.1) is 5.92 Å². The number of nitrogens with one attached hydrogen (secondary N) is 1. The molecule has 6 heteroatoms. The molecule has 3 fully saturated rings. The maximum Gasteiger partial charge on any atom is 0.317 e. The second-order valence-electron chi connectivity index (χ2n) is 6.81. The molecule has 2 saturated heterocycles. The molecular formula is C16H27N3O3. The Morgan fingerprint density at radius 3 is 2.73 bits per heavy atom. The second kappa shape index (κ2) is 6.86. The largest absolute Gasteiger partial charge is 0.381 e. The minimum atomic E-state index is 0.0219. The Morgan fingerprint density at radius 1 is 1.27 bits per heavy atom. The number of amides is 3. The first-order valence-electron chi connectivity index (χ1n) is 8.54. The molecule has 0 aromatic heterocycles. The van der Waals surface area contributed by atoms with Gasteiger partial charge in [-0.3, -0.25) is 4.79 Å². The molecule has 124 valence electrons. The molecule has 3 rings (SSSR count). The smallest absolute Gasteiger partial charge is 0.317 e. The van der Waals surface area contributed by atoms with Crippen molar-refractivity contribution in [2.75, 3.05) is 32.8 Å². The number of nitrogens with zero attached hydrogens (tertiary/aromatic N) is 2. The molecule has 2 aliphatic heterocycles. The van der Waals surface area contributed by atoms with Crippen LogP contribution < -0.4 is 5.32 Å². The van der Waals surface area contributed by atoms with E-state index in [2.05, 4.69) is 5.32 Å². The van der Waals surface area contributed by atoms with Crippen molar-refractivity contribution < 1.29 is 14.3 Å². The van der Waals surface area contributed by atoms with E-state index < -0.39 is 0 Å². The minimum Gasteiger partial charge on any atom is -0.381 e. The molecule has 22 heavy (non-hydrogen) atoms. The van der Waals surface area contributed by atoms with Crippen LogP contribution in [0.2, 0.25) is 0 Å². The molecule has 2 heterocycles. The highest BCUT2D eigenvalue weighted by molar-refractivity contribution is 5.76. The Hall–Kier alpha value is -1.30. The van der Waals surface area contributed by atoms with Crippen molar-refractivity contribution in [3.05, 3.63) is 0 Å². The first kappa shape index (κ1) is 15.6. The van der Waals surface area contributed by atoms with Crippen molar-refractivity contribution in [1.82, 2.24) is 15.1 Å². The lowest BCUT2D eigenvalue weighted by molar-refractivity contribution is -0.130. The summed E-state index contributed by atoms with van der Waals surface area (Å²) in [4.78, 5) is 28.1. The third-order valence-corrected chi connectivity index (χ3v) is 5.00. The Balaban J connectivity index is 1.50. The predicted molar refractivity (Wildman–Crippen MR) is 82.5 cm³/mol. The highest BCUT2D eigenvalue weighted by atomic mass is 16.5. The van der Waals surface area contributed by atoms with Crippen LogP contribution in [0.15, 0.2) is 0 Å². The van der Waals surface area contributed by atoms with Crippen LogP contribution in [0.25, 0.3) is 0 Å². The van der Waals surface area contributed by atoms with E-state index in [1.54, 1.807) is 6.92 Å². The van der Waals surface area contributed by atoms with Crippen LogP contribution in [0.3, 0.4) is 0 Å². The van der Waals surface area contributed by atoms with Crippen LogP contribution in [0.5, 0.6) is 0 Å². The Labute approximate surface area is 132 Å². The Morgan fingerprint density at radius 2 is 2.09 bits per heavy atom. The molecule has 1 N–H and O–H groups in total. The monoisotopic (exact) mass is 309 g/mol. The summed E-state index contributed by atoms with van der Waals surface area (Å²) in [6.45, 7) is 5.39. The summed E-state index contributed by atoms with van der Waals surface area (Å²) in [7, 11) is 0. The summed E-state index contributed by atoms with van der Waals surface area (Å²) in [5.41, 5.74) is 0. The molecule has 0 aromatic carbocycles. The zero-order valence-corrected chi connectivity index (χ0v) is 13.4. The lowest BCUT2D eigenvalue weighted by Crippen LogP contribution is -2.49. The zero-order chi connectivity index (χ0) is 15.5. The lowest BCUT2D eigenvalue weighted by atomic mass is 10.1. The van der Waals surface area contributed by atoms with Crippen LogP contribution >= 0.6 is 0 Å². The van der Waals surface area contributed by atoms with Gasteiger partial charge in [0.1, 0.15) is 0 Å². The number of carbonyl (C=O) groups excluding carboxylic acids is 2. The van der Waals surface area contributed by atoms with Crippen molar-refractivity contribution in [1.29, 1.82) is 0 Å². The molecule has 0 aromatic rings. The van der Waals surface area contributed by atoms with Crippen LogP contribution in [0.1, 0.15) is 39.0 Å². The van der Waals surface area contributed by atoms with Gasteiger partial charge in [-0.1, -0.05) is 0 Å². The highest BCUT2D eigenvalue weighted by Gasteiger charge is 2.36. The second-order valence-corrected chi connectivity index (χ2v) is 6.81. The van der Waals surface area contributed by atoms with E-state index >= 15 is 0 Å². The van der Waals surface area contributed by atoms with E-state index in [-0.39, 0.29) is 18.0 Å². The molecule has 6 nitrogen and oxygen atoms in total. The van der Waals surface area contributed by atoms with Crippen LogP contribution in [-0.4, -0.2) is 66.7 Å². The summed E-state index contributed by atoms with van der Waals surface area (Å²) < 4.78 is 5.34. The lowest BCUT2D eigenvalue weighted by Gasteiger charge is -2.30. The van der Waals surface area contributed by atoms with E-state index in [0.717, 1.165) is 51.9 Å². The molecule has 2 atom stereocenters. The van der Waals surface area contributed by atoms with Gasteiger partial charge in [0.05, 0.1) is 12.6 Å². The molecule has 1 saturated carbocycles. The van der Waals surface area contributed by atoms with E-state index in [9.17, 15) is 9.59 Å². The average molecular weight is 309 g/mol. The third-order valence-electron chi connectivity index (χ3n) is 5.00. The van der Waals surface area contributed by atoms with Gasteiger partial charge in [0.2, 0.25) is 5.91 Å². The molecule has 1 aliphatic carbocycles. The molecule has 2 unspecified atom stereocenters. The van der Waals surface area contributed by atoms with Gasteiger partial charge in [-0.2, -0.15) is 0 Å². The Kier molecular flexibility index (Phi) is 4.86. The summed E-state index contributed by atoms with van der Waals surface area (Å²) >= 11 is 0. The maximum atomic E-state index is 12.4. The number of rotatable bonds is 5. The van der Waals surface area contributed by atoms with Crippen LogP contribution in [0.4, 0.5) is 4.79 Å². The molecule has 0 spiro atoms. The summed E-state index contributed by atoms with van der Waals surface area (Å²) in [6.07, 6.45) is 5.28. The summed E-state index contributed by atoms with van der Waals surface area (Å²) in [5.74, 6) is 0.586. The zero-order valence-electron chi connectivity index (χ0n) is 13.4. The van der Waals surface area contributed by atoms with Gasteiger partial charge in [0.25, 0.3) is 0 Å². The summed E-state index contributed by atoms with van der Waals surface area (Å²) in [5, 5.41) is 3.05. The Bertz CT molecular complexity index is 419. The highest BCUT2D eigenvalue weighted by Crippen LogP contribution is 2.29. The van der Waals surface area contributed by atoms with Crippen molar-refractivity contribution >= 4 is 11.9 Å². The van der Waals surface area contributed by atoms with E-state index in [0.29, 0.717) is 25.0 Å². The SMILES string of the molecule is CC(=O)N(CC1CCCN1C(=O)NCC1CCOC1)C1CC1. The number of urea groups is 1. The first-order chi connectivity index (χ1) is 10.6. The third kappa shape index (κ3) is 3.72. The predicted octanol–water partition coefficient (Wildman–Crippen LogP) is 1.21. The molecule has 0 bridgehead atoms. The number of hydrogen-bond acceptors (Lipinski definition) is 3. The van der Waals surface area contributed by atoms with Crippen LogP contribution in [-0.2, 0) is 9.53 Å². The summed E-state index contributed by atoms with van der Waals surface area (Å²) in [6, 6.07) is 0.608. The van der Waals surface area contributed by atoms with Gasteiger partial charge in [0.15, 0.2) is 0 Å². The number of ether oxygens (including phenoxy) is 1. The van der Waals surface area contributed by atoms with E-state index in [1.807, 2.05) is 9.80 Å². The standard InChI is InChI=1S/C16H27N3O3/c1-12(20)19(14-4-5-14)10-15-3-2-7-18(15)16(21)17-9-13-6-8-22-11-13/h13-15H,2-11H2,1H3,(H,17,21). The first-order valence-corrected chi connectivity index (χ1v) is 8.54. The van der Waals surface area contributed by atoms with Gasteiger partial charge < -0.3 is 19.9 Å². The van der Waals surface area contributed by atoms with Gasteiger partial charge in [-0.05, 0) is 32.1 Å². The number of hydrogen-bond donors (Lipinski definition) is 1. The van der Waals surface area contributed by atoms with Gasteiger partial charge >= 0.3 is 6.03 Å². The maximum absolute atomic E-state index is 12.4. The van der Waals surface area contributed by atoms with Gasteiger partial charge in [-0.25, -0.2) is 4.79 Å². The van der Waals surface area contributed by atoms with Crippen molar-refractivity contribution in [3.8, 4) is 0 Å². The number of likely N-dealkylation sites (tertiary alicyclic amines) is 1. The molecule has 3 aliphatic rings. The normalized spacial score (nSPS) is 28.0. The minimum absolute atomic E-state index is 0.0219. The van der Waals surface area contributed by atoms with Gasteiger partial charge in [-0.15, -0.1) is 0 Å². The fourth-order valence-electron chi connectivity index (χ4n) is 3.52. The van der Waals surface area contributed by atoms with Gasteiger partial charge in [0, 0.05) is 45.1 Å². The van der Waals surface area contributed by atoms with E-state index in [4.69, 9.17) is 4.74 Å². The molecule has 3 amide bonds. The molecular weight excluding hydrogens is 282 g/mol. The quantitative estimate of drug-likeness (QED) is 0.830. The van der Waals surface area contributed by atoms with Crippen molar-refractivity contribution in [3.63, 3.8) is 0 Å². The molecule has 0 radical (unpaired) electrons. The fraction of sp³-hybridized carbons (Fsp3) is 0.875. The van der Waals surface area contributed by atoms with Crippen molar-refractivity contribution in [2.24, 2.45) is 5.92 Å².